The van der Waals surface area contributed by atoms with Crippen LogP contribution in [0.2, 0.25) is 0 Å². The summed E-state index contributed by atoms with van der Waals surface area (Å²) in [6.07, 6.45) is 0. The fourth-order valence-corrected chi connectivity index (χ4v) is 0.574. The third-order valence-corrected chi connectivity index (χ3v) is 1.01. The number of hydrogen-bond acceptors (Lipinski definition) is 2. The van der Waals surface area contributed by atoms with Crippen LogP contribution in [-0.4, -0.2) is 5.97 Å². The van der Waals surface area contributed by atoms with Crippen molar-refractivity contribution in [2.75, 3.05) is 0 Å². The molecule has 54 valence electrons. The van der Waals surface area contributed by atoms with Gasteiger partial charge in [-0.2, -0.15) is 0 Å². The summed E-state index contributed by atoms with van der Waals surface area (Å²) in [6, 6.07) is 8.06. The van der Waals surface area contributed by atoms with Gasteiger partial charge in [0.15, 0.2) is 0 Å². The smallest absolute Gasteiger partial charge is 1.00 e. The number of carbonyl (C=O) groups is 1. The Hall–Kier alpha value is 2.06. The maximum atomic E-state index is 10.1. The van der Waals surface area contributed by atoms with Gasteiger partial charge in [-0.15, -0.1) is 0 Å². The quantitative estimate of drug-likeness (QED) is 0.382. The van der Waals surface area contributed by atoms with E-state index in [1.807, 2.05) is 0 Å². The van der Waals surface area contributed by atoms with Crippen LogP contribution in [0.4, 0.5) is 0 Å². The van der Waals surface area contributed by atoms with Crippen molar-refractivity contribution in [3.05, 3.63) is 35.9 Å². The second-order valence-electron chi connectivity index (χ2n) is 1.65. The molecule has 0 atom stereocenters. The molecule has 1 aromatic carbocycles. The van der Waals surface area contributed by atoms with Gasteiger partial charge >= 0.3 is 80.9 Å². The van der Waals surface area contributed by atoms with Gasteiger partial charge < -0.3 is 33.9 Å². The third kappa shape index (κ3) is 7.46. The molecule has 0 N–H and O–H groups in total. The molecule has 0 amide bonds. The summed E-state index contributed by atoms with van der Waals surface area (Å²) in [5.74, 6) is -1.13. The van der Waals surface area contributed by atoms with Crippen LogP contribution in [-0.2, 0) is 0 Å². The van der Waals surface area contributed by atoms with Crippen molar-refractivity contribution in [1.29, 1.82) is 0 Å². The van der Waals surface area contributed by atoms with Crippen molar-refractivity contribution in [3.8, 4) is 0 Å². The van der Waals surface area contributed by atoms with Crippen LogP contribution in [0.15, 0.2) is 30.3 Å². The number of carbonyl (C=O) groups excluding carboxylic acids is 1. The Morgan fingerprint density at radius 2 is 1.58 bits per heavy atom. The van der Waals surface area contributed by atoms with Gasteiger partial charge in [0.05, 0.1) is 5.97 Å². The van der Waals surface area contributed by atoms with Crippen LogP contribution >= 0.6 is 0 Å². The number of hydrogen-bond donors (Lipinski definition) is 0. The Morgan fingerprint density at radius 1 is 1.17 bits per heavy atom. The molecule has 2 nitrogen and oxygen atoms in total. The summed E-state index contributed by atoms with van der Waals surface area (Å²) in [4.78, 5) is 10.1. The average molecular weight is 310 g/mol. The van der Waals surface area contributed by atoms with E-state index in [0.717, 1.165) is 0 Å². The molecule has 0 saturated heterocycles. The fraction of sp³-hybridized carbons (Fsp3) is 0. The van der Waals surface area contributed by atoms with E-state index in [-0.39, 0.29) is 110 Å². The molecular weight excluding hydrogens is 305 g/mol. The maximum Gasteiger partial charge on any atom is 1.00 e. The van der Waals surface area contributed by atoms with E-state index >= 15 is 0 Å². The van der Waals surface area contributed by atoms with Crippen molar-refractivity contribution >= 4 is 5.97 Å². The van der Waals surface area contributed by atoms with Gasteiger partial charge in [0, 0.05) is 0 Å². The SMILES string of the molecule is O=C([O-])c1ccccc1.[I-].[K+].[Na+]. The van der Waals surface area contributed by atoms with E-state index in [1.54, 1.807) is 18.2 Å². The molecule has 0 heterocycles. The summed E-state index contributed by atoms with van der Waals surface area (Å²) in [5.41, 5.74) is 0.220. The van der Waals surface area contributed by atoms with Gasteiger partial charge in [-0.05, 0) is 5.56 Å². The van der Waals surface area contributed by atoms with Crippen molar-refractivity contribution in [2.24, 2.45) is 0 Å². The zero-order valence-corrected chi connectivity index (χ0v) is 14.4. The van der Waals surface area contributed by atoms with Crippen molar-refractivity contribution in [1.82, 2.24) is 0 Å². The van der Waals surface area contributed by atoms with Gasteiger partial charge in [-0.3, -0.25) is 0 Å². The molecule has 0 aliphatic heterocycles. The van der Waals surface area contributed by atoms with Crippen LogP contribution in [0.1, 0.15) is 10.4 Å². The minimum absolute atomic E-state index is 0. The molecule has 0 bridgehead atoms. The van der Waals surface area contributed by atoms with Crippen LogP contribution in [0.3, 0.4) is 0 Å². The van der Waals surface area contributed by atoms with Gasteiger partial charge in [0.25, 0.3) is 0 Å². The Labute approximate surface area is 153 Å². The molecule has 5 heteroatoms. The van der Waals surface area contributed by atoms with Crippen LogP contribution in [0, 0.1) is 0 Å². The number of benzene rings is 1. The Balaban J connectivity index is -0.000000270. The Morgan fingerprint density at radius 3 is 1.83 bits per heavy atom. The van der Waals surface area contributed by atoms with Crippen LogP contribution in [0.25, 0.3) is 0 Å². The molecule has 0 radical (unpaired) electrons. The Bertz CT molecular complexity index is 218. The van der Waals surface area contributed by atoms with Crippen molar-refractivity contribution in [2.45, 2.75) is 0 Å². The molecule has 0 saturated carbocycles. The molecule has 1 rings (SSSR count). The molecule has 0 spiro atoms. The summed E-state index contributed by atoms with van der Waals surface area (Å²) in [6.45, 7) is 0. The van der Waals surface area contributed by atoms with E-state index in [4.69, 9.17) is 0 Å². The van der Waals surface area contributed by atoms with Gasteiger partial charge in [0.1, 0.15) is 0 Å². The molecule has 0 aliphatic carbocycles. The minimum atomic E-state index is -1.13. The van der Waals surface area contributed by atoms with E-state index in [2.05, 4.69) is 0 Å². The largest absolute Gasteiger partial charge is 1.00 e. The maximum absolute atomic E-state index is 10.1. The summed E-state index contributed by atoms with van der Waals surface area (Å²) in [7, 11) is 0. The fourth-order valence-electron chi connectivity index (χ4n) is 0.574. The standard InChI is InChI=1S/C7H6O2.HI.K.Na/c8-7(9)6-4-2-1-3-5-6;;;/h1-5H,(H,8,9);1H;;/q;;2*+1/p-2. The zero-order chi connectivity index (χ0) is 6.69. The van der Waals surface area contributed by atoms with E-state index in [0.29, 0.717) is 0 Å². The summed E-state index contributed by atoms with van der Waals surface area (Å²) < 4.78 is 0. The van der Waals surface area contributed by atoms with E-state index in [1.165, 1.54) is 12.1 Å². The first kappa shape index (κ1) is 19.6. The normalized spacial score (nSPS) is 6.67. The van der Waals surface area contributed by atoms with Crippen molar-refractivity contribution < 1.29 is 115 Å². The summed E-state index contributed by atoms with van der Waals surface area (Å²) in [5, 5.41) is 10.1. The van der Waals surface area contributed by atoms with Gasteiger partial charge in [-0.1, -0.05) is 30.3 Å². The number of carboxylic acids is 1. The first-order chi connectivity index (χ1) is 4.30. The first-order valence-electron chi connectivity index (χ1n) is 2.57. The second-order valence-corrected chi connectivity index (χ2v) is 1.65. The monoisotopic (exact) mass is 310 g/mol. The summed E-state index contributed by atoms with van der Waals surface area (Å²) >= 11 is 0. The number of carboxylic acid groups (broad SMARTS) is 1. The molecule has 0 aromatic heterocycles. The van der Waals surface area contributed by atoms with Crippen molar-refractivity contribution in [3.63, 3.8) is 0 Å². The zero-order valence-electron chi connectivity index (χ0n) is 7.08. The Kier molecular flexibility index (Phi) is 18.2. The van der Waals surface area contributed by atoms with Gasteiger partial charge in [0.2, 0.25) is 0 Å². The average Bonchev–Trinajstić information content (AvgIpc) is 1.90. The number of halogens is 1. The van der Waals surface area contributed by atoms with Crippen LogP contribution < -0.4 is 110 Å². The molecule has 0 aliphatic rings. The second kappa shape index (κ2) is 11.1. The molecular formula is C7H5IKNaO2. The van der Waals surface area contributed by atoms with Gasteiger partial charge in [-0.25, -0.2) is 0 Å². The molecule has 12 heavy (non-hydrogen) atoms. The van der Waals surface area contributed by atoms with E-state index in [9.17, 15) is 9.90 Å². The first-order valence-corrected chi connectivity index (χ1v) is 2.57. The predicted molar refractivity (Wildman–Crippen MR) is 30.8 cm³/mol. The molecule has 0 unspecified atom stereocenters. The molecule has 0 fully saturated rings. The van der Waals surface area contributed by atoms with Crippen LogP contribution in [0.5, 0.6) is 0 Å². The number of aromatic carboxylic acids is 1. The molecule has 1 aromatic rings. The topological polar surface area (TPSA) is 40.1 Å². The number of rotatable bonds is 1. The predicted octanol–water partition coefficient (Wildman–Crippen LogP) is -8.94. The van der Waals surface area contributed by atoms with E-state index < -0.39 is 5.97 Å². The third-order valence-electron chi connectivity index (χ3n) is 1.01. The minimum Gasteiger partial charge on any atom is -1.00 e.